The fraction of sp³-hybridized carbons (Fsp3) is 0.312. The second kappa shape index (κ2) is 5.91. The molecule has 0 fully saturated rings. The van der Waals surface area contributed by atoms with Gasteiger partial charge in [0.15, 0.2) is 11.5 Å². The third-order valence-corrected chi connectivity index (χ3v) is 3.39. The van der Waals surface area contributed by atoms with Gasteiger partial charge in [0.25, 0.3) is 0 Å². The van der Waals surface area contributed by atoms with E-state index in [0.29, 0.717) is 29.4 Å². The van der Waals surface area contributed by atoms with Crippen LogP contribution < -0.4 is 15.2 Å². The molecule has 0 atom stereocenters. The molecule has 0 spiro atoms. The summed E-state index contributed by atoms with van der Waals surface area (Å²) in [7, 11) is 3.14. The molecule has 0 aliphatic rings. The number of aryl methyl sites for hydroxylation is 1. The lowest BCUT2D eigenvalue weighted by Gasteiger charge is -2.14. The number of rotatable bonds is 4. The van der Waals surface area contributed by atoms with Gasteiger partial charge in [-0.1, -0.05) is 0 Å². The summed E-state index contributed by atoms with van der Waals surface area (Å²) in [6, 6.07) is 5.37. The zero-order valence-corrected chi connectivity index (χ0v) is 12.6. The third-order valence-electron chi connectivity index (χ3n) is 3.39. The van der Waals surface area contributed by atoms with Gasteiger partial charge in [-0.2, -0.15) is 0 Å². The minimum absolute atomic E-state index is 0.307. The molecule has 0 radical (unpaired) electrons. The first-order valence-electron chi connectivity index (χ1n) is 6.65. The minimum atomic E-state index is -0.421. The Kier molecular flexibility index (Phi) is 4.21. The van der Waals surface area contributed by atoms with Crippen molar-refractivity contribution in [3.05, 3.63) is 29.3 Å². The Hall–Kier alpha value is -2.43. The van der Waals surface area contributed by atoms with E-state index in [1.807, 2.05) is 13.0 Å². The van der Waals surface area contributed by atoms with Crippen molar-refractivity contribution in [3.63, 3.8) is 0 Å². The molecule has 0 bridgehead atoms. The summed E-state index contributed by atoms with van der Waals surface area (Å²) >= 11 is 0. The van der Waals surface area contributed by atoms with Crippen molar-refractivity contribution in [1.82, 2.24) is 0 Å². The van der Waals surface area contributed by atoms with Gasteiger partial charge < -0.3 is 19.9 Å². The maximum Gasteiger partial charge on any atom is 0.340 e. The van der Waals surface area contributed by atoms with Crippen LogP contribution in [0.4, 0.5) is 5.69 Å². The summed E-state index contributed by atoms with van der Waals surface area (Å²) in [6.07, 6.45) is 0. The van der Waals surface area contributed by atoms with Crippen molar-refractivity contribution >= 4 is 22.4 Å². The molecule has 0 unspecified atom stereocenters. The van der Waals surface area contributed by atoms with Gasteiger partial charge in [0.05, 0.1) is 32.1 Å². The van der Waals surface area contributed by atoms with Crippen LogP contribution in [0.3, 0.4) is 0 Å². The van der Waals surface area contributed by atoms with E-state index >= 15 is 0 Å². The summed E-state index contributed by atoms with van der Waals surface area (Å²) in [5.41, 5.74) is 7.81. The fourth-order valence-electron chi connectivity index (χ4n) is 2.32. The molecule has 2 rings (SSSR count). The molecular formula is C16H19NO4. The average molecular weight is 289 g/mol. The van der Waals surface area contributed by atoms with E-state index in [4.69, 9.17) is 19.9 Å². The lowest BCUT2D eigenvalue weighted by Crippen LogP contribution is -2.09. The van der Waals surface area contributed by atoms with Crippen LogP contribution in [0.5, 0.6) is 11.5 Å². The highest BCUT2D eigenvalue weighted by Gasteiger charge is 2.17. The molecule has 0 amide bonds. The molecule has 5 heteroatoms. The summed E-state index contributed by atoms with van der Waals surface area (Å²) < 4.78 is 15.6. The fourth-order valence-corrected chi connectivity index (χ4v) is 2.32. The van der Waals surface area contributed by atoms with Gasteiger partial charge in [0.2, 0.25) is 0 Å². The maximum atomic E-state index is 12.0. The number of carbonyl (C=O) groups excluding carboxylic acids is 1. The molecule has 0 heterocycles. The van der Waals surface area contributed by atoms with Crippen molar-refractivity contribution in [2.75, 3.05) is 26.6 Å². The van der Waals surface area contributed by atoms with Crippen molar-refractivity contribution in [2.45, 2.75) is 13.8 Å². The summed E-state index contributed by atoms with van der Waals surface area (Å²) in [5, 5.41) is 1.66. The molecular weight excluding hydrogens is 270 g/mol. The second-order valence-corrected chi connectivity index (χ2v) is 4.63. The number of nitrogens with two attached hydrogens (primary N) is 1. The van der Waals surface area contributed by atoms with Crippen LogP contribution in [-0.2, 0) is 4.74 Å². The second-order valence-electron chi connectivity index (χ2n) is 4.63. The Bertz CT molecular complexity index is 694. The van der Waals surface area contributed by atoms with E-state index in [9.17, 15) is 4.79 Å². The van der Waals surface area contributed by atoms with Gasteiger partial charge in [0, 0.05) is 5.39 Å². The Balaban J connectivity index is 2.74. The molecule has 0 aliphatic heterocycles. The number of nitrogen functional groups attached to an aromatic ring is 1. The summed E-state index contributed by atoms with van der Waals surface area (Å²) in [6.45, 7) is 3.98. The van der Waals surface area contributed by atoms with Crippen molar-refractivity contribution < 1.29 is 19.0 Å². The van der Waals surface area contributed by atoms with Gasteiger partial charge in [0.1, 0.15) is 0 Å². The zero-order chi connectivity index (χ0) is 15.6. The molecule has 112 valence electrons. The largest absolute Gasteiger partial charge is 0.493 e. The maximum absolute atomic E-state index is 12.0. The van der Waals surface area contributed by atoms with E-state index in [1.165, 1.54) is 0 Å². The first-order valence-corrected chi connectivity index (χ1v) is 6.65. The molecule has 2 aromatic rings. The highest BCUT2D eigenvalue weighted by atomic mass is 16.5. The van der Waals surface area contributed by atoms with Crippen LogP contribution in [0.15, 0.2) is 18.2 Å². The highest BCUT2D eigenvalue weighted by molar-refractivity contribution is 6.07. The van der Waals surface area contributed by atoms with Gasteiger partial charge in [-0.3, -0.25) is 0 Å². The Morgan fingerprint density at radius 1 is 1.10 bits per heavy atom. The van der Waals surface area contributed by atoms with E-state index < -0.39 is 5.97 Å². The predicted molar refractivity (Wildman–Crippen MR) is 82.2 cm³/mol. The first-order chi connectivity index (χ1) is 10.0. The lowest BCUT2D eigenvalue weighted by atomic mass is 9.98. The number of hydrogen-bond donors (Lipinski definition) is 1. The number of carbonyl (C=O) groups is 1. The van der Waals surface area contributed by atoms with E-state index in [2.05, 4.69) is 0 Å². The van der Waals surface area contributed by atoms with Gasteiger partial charge >= 0.3 is 5.97 Å². The van der Waals surface area contributed by atoms with Crippen molar-refractivity contribution in [1.29, 1.82) is 0 Å². The van der Waals surface area contributed by atoms with Crippen molar-refractivity contribution in [2.24, 2.45) is 0 Å². The van der Waals surface area contributed by atoms with Crippen LogP contribution >= 0.6 is 0 Å². The lowest BCUT2D eigenvalue weighted by molar-refractivity contribution is 0.0527. The van der Waals surface area contributed by atoms with Gasteiger partial charge in [-0.15, -0.1) is 0 Å². The summed E-state index contributed by atoms with van der Waals surface area (Å²) in [4.78, 5) is 12.0. The number of hydrogen-bond acceptors (Lipinski definition) is 5. The number of methoxy groups -OCH3 is 2. The molecule has 5 nitrogen and oxygen atoms in total. The Labute approximate surface area is 123 Å². The van der Waals surface area contributed by atoms with E-state index in [-0.39, 0.29) is 0 Å². The third kappa shape index (κ3) is 2.59. The first kappa shape index (κ1) is 15.0. The Morgan fingerprint density at radius 2 is 1.67 bits per heavy atom. The van der Waals surface area contributed by atoms with Crippen molar-refractivity contribution in [3.8, 4) is 11.5 Å². The average Bonchev–Trinajstić information content (AvgIpc) is 2.49. The summed E-state index contributed by atoms with van der Waals surface area (Å²) in [5.74, 6) is 0.767. The van der Waals surface area contributed by atoms with Gasteiger partial charge in [-0.25, -0.2) is 4.79 Å². The number of esters is 1. The Morgan fingerprint density at radius 3 is 2.19 bits per heavy atom. The van der Waals surface area contributed by atoms with Crippen LogP contribution in [0.1, 0.15) is 22.8 Å². The molecule has 0 saturated carbocycles. The topological polar surface area (TPSA) is 70.8 Å². The van der Waals surface area contributed by atoms with E-state index in [0.717, 1.165) is 16.3 Å². The molecule has 2 aromatic carbocycles. The number of ether oxygens (including phenoxy) is 3. The van der Waals surface area contributed by atoms with Crippen LogP contribution in [0.2, 0.25) is 0 Å². The zero-order valence-electron chi connectivity index (χ0n) is 12.6. The minimum Gasteiger partial charge on any atom is -0.493 e. The molecule has 2 N–H and O–H groups in total. The molecule has 21 heavy (non-hydrogen) atoms. The SMILES string of the molecule is CCOC(=O)c1cc(C)c2cc(OC)c(OC)cc2c1N. The monoisotopic (exact) mass is 289 g/mol. The molecule has 0 aliphatic carbocycles. The number of benzene rings is 2. The molecule has 0 saturated heterocycles. The normalized spacial score (nSPS) is 10.5. The van der Waals surface area contributed by atoms with Gasteiger partial charge in [-0.05, 0) is 43.0 Å². The highest BCUT2D eigenvalue weighted by Crippen LogP contribution is 2.37. The standard InChI is InChI=1S/C16H19NO4/c1-5-21-16(18)12-6-9(2)10-7-13(19-3)14(20-4)8-11(10)15(12)17/h6-8H,5,17H2,1-4H3. The predicted octanol–water partition coefficient (Wildman–Crippen LogP) is 2.92. The quantitative estimate of drug-likeness (QED) is 0.692. The van der Waals surface area contributed by atoms with E-state index in [1.54, 1.807) is 33.3 Å². The smallest absolute Gasteiger partial charge is 0.340 e. The number of fused-ring (bicyclic) bond motifs is 1. The van der Waals surface area contributed by atoms with Crippen LogP contribution in [-0.4, -0.2) is 26.8 Å². The number of anilines is 1. The van der Waals surface area contributed by atoms with Crippen LogP contribution in [0, 0.1) is 6.92 Å². The van der Waals surface area contributed by atoms with Crippen LogP contribution in [0.25, 0.3) is 10.8 Å². The molecule has 0 aromatic heterocycles.